The summed E-state index contributed by atoms with van der Waals surface area (Å²) in [5.41, 5.74) is 3.11. The number of rotatable bonds is 5. The monoisotopic (exact) mass is 415 g/mol. The fraction of sp³-hybridized carbons (Fsp3) is 0.389. The van der Waals surface area contributed by atoms with Crippen molar-refractivity contribution in [1.29, 1.82) is 0 Å². The minimum atomic E-state index is -4.10. The molecule has 2 rings (SSSR count). The molecule has 0 saturated heterocycles. The maximum Gasteiger partial charge on any atom is 0.333 e. The molecule has 0 aliphatic carbocycles. The number of aromatic nitrogens is 2. The second-order valence-corrected chi connectivity index (χ2v) is 8.32. The smallest absolute Gasteiger partial charge is 0.307 e. The van der Waals surface area contributed by atoms with Crippen LogP contribution in [-0.4, -0.2) is 76.0 Å². The van der Waals surface area contributed by atoms with Gasteiger partial charge in [0.15, 0.2) is 5.03 Å². The van der Waals surface area contributed by atoms with Gasteiger partial charge in [0.1, 0.15) is 0 Å². The minimum absolute atomic E-state index is 0. The van der Waals surface area contributed by atoms with Crippen LogP contribution in [0.4, 0.5) is 10.5 Å². The molecular formula is C18H24KN4O3S. The van der Waals surface area contributed by atoms with Crippen molar-refractivity contribution < 1.29 is 13.2 Å². The molecular weight excluding hydrogens is 391 g/mol. The molecule has 27 heavy (non-hydrogen) atoms. The number of nitrogens with one attached hydrogen (secondary N) is 2. The van der Waals surface area contributed by atoms with Gasteiger partial charge in [-0.1, -0.05) is 45.9 Å². The number of aryl methyl sites for hydroxylation is 1. The summed E-state index contributed by atoms with van der Waals surface area (Å²) in [4.78, 5) is 12.4. The number of carbonyl (C=O) groups is 1. The van der Waals surface area contributed by atoms with E-state index in [4.69, 9.17) is 0 Å². The number of hydrogen-bond acceptors (Lipinski definition) is 5. The standard InChI is InChI=1S/C18H24N4O3S.K/c1-11(2)14-7-6-8-15(12(3)4)17(14)19-18(23)22-26(24,25)16-10-9-13(5)20-21-16;/h6-12H,1-5H3,(H2,19,22,23);. The van der Waals surface area contributed by atoms with Crippen LogP contribution in [0.25, 0.3) is 0 Å². The second kappa shape index (κ2) is 10.1. The summed E-state index contributed by atoms with van der Waals surface area (Å²) < 4.78 is 26.6. The molecule has 0 bridgehead atoms. The number of amides is 2. The largest absolute Gasteiger partial charge is 0.333 e. The van der Waals surface area contributed by atoms with E-state index in [1.165, 1.54) is 12.1 Å². The van der Waals surface area contributed by atoms with Gasteiger partial charge in [-0.15, -0.1) is 5.10 Å². The van der Waals surface area contributed by atoms with E-state index in [0.29, 0.717) is 11.4 Å². The molecule has 2 aromatic rings. The molecule has 141 valence electrons. The molecule has 0 aliphatic rings. The van der Waals surface area contributed by atoms with Crippen LogP contribution in [-0.2, 0) is 10.0 Å². The SMILES string of the molecule is Cc1ccc(S(=O)(=O)NC(=O)Nc2c(C(C)C)cccc2C(C)C)nn1.[K]. The van der Waals surface area contributed by atoms with Crippen LogP contribution >= 0.6 is 0 Å². The molecule has 2 N–H and O–H groups in total. The number of anilines is 1. The second-order valence-electron chi connectivity index (χ2n) is 6.69. The van der Waals surface area contributed by atoms with Crippen LogP contribution in [0.15, 0.2) is 35.4 Å². The topological polar surface area (TPSA) is 101 Å². The molecule has 0 atom stereocenters. The van der Waals surface area contributed by atoms with Gasteiger partial charge >= 0.3 is 6.03 Å². The summed E-state index contributed by atoms with van der Waals surface area (Å²) in [6.07, 6.45) is 0. The Hall–Kier alpha value is -0.844. The van der Waals surface area contributed by atoms with Crippen molar-refractivity contribution >= 4 is 73.1 Å². The van der Waals surface area contributed by atoms with Crippen LogP contribution in [0.1, 0.15) is 56.4 Å². The van der Waals surface area contributed by atoms with Gasteiger partial charge in [-0.05, 0) is 42.0 Å². The van der Waals surface area contributed by atoms with Crippen LogP contribution in [0, 0.1) is 6.92 Å². The summed E-state index contributed by atoms with van der Waals surface area (Å²) in [5, 5.41) is 9.73. The zero-order valence-corrected chi connectivity index (χ0v) is 20.5. The zero-order chi connectivity index (χ0) is 19.5. The van der Waals surface area contributed by atoms with Gasteiger partial charge in [0.25, 0.3) is 10.0 Å². The Kier molecular flexibility index (Phi) is 9.04. The maximum atomic E-state index is 12.4. The van der Waals surface area contributed by atoms with Crippen molar-refractivity contribution in [2.75, 3.05) is 5.32 Å². The van der Waals surface area contributed by atoms with E-state index in [-0.39, 0.29) is 68.2 Å². The molecule has 0 fully saturated rings. The fourth-order valence-corrected chi connectivity index (χ4v) is 3.33. The summed E-state index contributed by atoms with van der Waals surface area (Å²) in [6.45, 7) is 9.75. The quantitative estimate of drug-likeness (QED) is 0.731. The van der Waals surface area contributed by atoms with Crippen molar-refractivity contribution in [3.8, 4) is 0 Å². The Morgan fingerprint density at radius 2 is 1.52 bits per heavy atom. The van der Waals surface area contributed by atoms with Gasteiger partial charge in [-0.2, -0.15) is 13.5 Å². The van der Waals surface area contributed by atoms with Crippen LogP contribution in [0.3, 0.4) is 0 Å². The Balaban J connectivity index is 0.00000364. The predicted molar refractivity (Wildman–Crippen MR) is 106 cm³/mol. The minimum Gasteiger partial charge on any atom is -0.307 e. The molecule has 7 nitrogen and oxygen atoms in total. The van der Waals surface area contributed by atoms with Gasteiger partial charge in [-0.3, -0.25) is 0 Å². The number of nitrogens with zero attached hydrogens (tertiary/aromatic N) is 2. The molecule has 1 radical (unpaired) electrons. The zero-order valence-electron chi connectivity index (χ0n) is 16.6. The van der Waals surface area contributed by atoms with Crippen molar-refractivity contribution in [3.63, 3.8) is 0 Å². The van der Waals surface area contributed by atoms with E-state index in [9.17, 15) is 13.2 Å². The number of para-hydroxylation sites is 1. The third-order valence-corrected chi connectivity index (χ3v) is 5.11. The number of sulfonamides is 1. The Morgan fingerprint density at radius 3 is 1.96 bits per heavy atom. The van der Waals surface area contributed by atoms with Gasteiger partial charge in [0.2, 0.25) is 0 Å². The average molecular weight is 416 g/mol. The van der Waals surface area contributed by atoms with E-state index >= 15 is 0 Å². The van der Waals surface area contributed by atoms with E-state index in [1.54, 1.807) is 6.92 Å². The van der Waals surface area contributed by atoms with E-state index in [0.717, 1.165) is 11.1 Å². The Morgan fingerprint density at radius 1 is 0.963 bits per heavy atom. The van der Waals surface area contributed by atoms with Crippen molar-refractivity contribution in [2.24, 2.45) is 0 Å². The molecule has 0 unspecified atom stereocenters. The number of urea groups is 1. The van der Waals surface area contributed by atoms with E-state index in [2.05, 4.69) is 15.5 Å². The Bertz CT molecular complexity index is 871. The number of benzene rings is 1. The summed E-state index contributed by atoms with van der Waals surface area (Å²) in [6, 6.07) is 7.77. The molecule has 1 aromatic heterocycles. The van der Waals surface area contributed by atoms with Gasteiger partial charge in [0, 0.05) is 57.1 Å². The van der Waals surface area contributed by atoms with Crippen LogP contribution < -0.4 is 10.0 Å². The molecule has 1 heterocycles. The van der Waals surface area contributed by atoms with Gasteiger partial charge in [-0.25, -0.2) is 9.52 Å². The van der Waals surface area contributed by atoms with Gasteiger partial charge < -0.3 is 5.32 Å². The Labute approximate surface area is 203 Å². The van der Waals surface area contributed by atoms with Crippen molar-refractivity contribution in [2.45, 2.75) is 51.5 Å². The summed E-state index contributed by atoms with van der Waals surface area (Å²) in [5.74, 6) is 0.340. The first kappa shape index (κ1) is 24.2. The number of carbonyl (C=O) groups excluding carboxylic acids is 1. The van der Waals surface area contributed by atoms with E-state index in [1.807, 2.05) is 50.6 Å². The number of hydrogen-bond donors (Lipinski definition) is 2. The average Bonchev–Trinajstić information content (AvgIpc) is 2.54. The first-order chi connectivity index (χ1) is 12.1. The third-order valence-electron chi connectivity index (χ3n) is 3.89. The van der Waals surface area contributed by atoms with Crippen molar-refractivity contribution in [1.82, 2.24) is 14.9 Å². The molecule has 0 aliphatic heterocycles. The van der Waals surface area contributed by atoms with E-state index < -0.39 is 16.1 Å². The maximum absolute atomic E-state index is 12.4. The molecule has 9 heteroatoms. The van der Waals surface area contributed by atoms with Crippen molar-refractivity contribution in [3.05, 3.63) is 47.2 Å². The summed E-state index contributed by atoms with van der Waals surface area (Å²) in [7, 11) is -4.10. The first-order valence-corrected chi connectivity index (χ1v) is 9.87. The fourth-order valence-electron chi connectivity index (χ4n) is 2.54. The molecule has 2 amide bonds. The first-order valence-electron chi connectivity index (χ1n) is 8.38. The van der Waals surface area contributed by atoms with Gasteiger partial charge in [0.05, 0.1) is 5.69 Å². The molecule has 0 saturated carbocycles. The normalized spacial score (nSPS) is 11.2. The van der Waals surface area contributed by atoms with Crippen LogP contribution in [0.5, 0.6) is 0 Å². The molecule has 0 spiro atoms. The third kappa shape index (κ3) is 6.33. The predicted octanol–water partition coefficient (Wildman–Crippen LogP) is 3.16. The summed E-state index contributed by atoms with van der Waals surface area (Å²) >= 11 is 0. The van der Waals surface area contributed by atoms with Crippen LogP contribution in [0.2, 0.25) is 0 Å². The molecule has 1 aromatic carbocycles.